The quantitative estimate of drug-likeness (QED) is 0.451. The molecule has 0 heterocycles. The van der Waals surface area contributed by atoms with E-state index >= 15 is 0 Å². The Hall–Kier alpha value is -3.22. The summed E-state index contributed by atoms with van der Waals surface area (Å²) in [7, 11) is 1.41. The molecule has 7 heteroatoms. The van der Waals surface area contributed by atoms with E-state index in [0.29, 0.717) is 29.7 Å². The molecule has 0 spiro atoms. The standard InChI is InChI=1S/C22H21F3O4/c1-13(2)4-11-17-18(29-3)12-15(19(20(17)26)21(27)28)8-5-14-6-9-16(10-7-14)22(23,24)25/h5-10,12,26H,1,4,11H2,2-3H3,(H,27,28)/b8-5+. The molecule has 0 atom stereocenters. The van der Waals surface area contributed by atoms with Crippen molar-refractivity contribution in [1.82, 2.24) is 0 Å². The fourth-order valence-corrected chi connectivity index (χ4v) is 2.79. The zero-order valence-corrected chi connectivity index (χ0v) is 16.0. The van der Waals surface area contributed by atoms with Gasteiger partial charge in [0.25, 0.3) is 0 Å². The molecule has 2 rings (SSSR count). The Morgan fingerprint density at radius 1 is 1.21 bits per heavy atom. The first-order valence-electron chi connectivity index (χ1n) is 8.70. The van der Waals surface area contributed by atoms with E-state index in [0.717, 1.165) is 17.7 Å². The summed E-state index contributed by atoms with van der Waals surface area (Å²) in [5.41, 5.74) is 0.770. The van der Waals surface area contributed by atoms with Crippen LogP contribution in [-0.2, 0) is 12.6 Å². The van der Waals surface area contributed by atoms with Crippen LogP contribution in [0.25, 0.3) is 12.2 Å². The number of carboxylic acids is 1. The Kier molecular flexibility index (Phi) is 6.74. The normalized spacial score (nSPS) is 11.6. The van der Waals surface area contributed by atoms with Crippen LogP contribution in [0.3, 0.4) is 0 Å². The minimum atomic E-state index is -4.43. The van der Waals surface area contributed by atoms with Crippen molar-refractivity contribution in [3.05, 3.63) is 70.3 Å². The van der Waals surface area contributed by atoms with Crippen LogP contribution in [0.1, 0.15) is 46.0 Å². The third kappa shape index (κ3) is 5.40. The third-order valence-corrected chi connectivity index (χ3v) is 4.32. The molecule has 2 aromatic rings. The molecule has 2 aromatic carbocycles. The molecule has 0 radical (unpaired) electrons. The van der Waals surface area contributed by atoms with Gasteiger partial charge in [0.05, 0.1) is 12.7 Å². The van der Waals surface area contributed by atoms with Gasteiger partial charge >= 0.3 is 12.1 Å². The zero-order valence-electron chi connectivity index (χ0n) is 16.0. The molecular weight excluding hydrogens is 385 g/mol. The number of carboxylic acid groups (broad SMARTS) is 1. The van der Waals surface area contributed by atoms with Crippen molar-refractivity contribution < 1.29 is 32.9 Å². The molecule has 0 amide bonds. The maximum Gasteiger partial charge on any atom is 0.416 e. The first kappa shape index (κ1) is 22.1. The Labute approximate surface area is 166 Å². The lowest BCUT2D eigenvalue weighted by atomic mass is 9.96. The van der Waals surface area contributed by atoms with Gasteiger partial charge in [-0.3, -0.25) is 0 Å². The van der Waals surface area contributed by atoms with Gasteiger partial charge in [-0.25, -0.2) is 4.79 Å². The fourth-order valence-electron chi connectivity index (χ4n) is 2.79. The monoisotopic (exact) mass is 406 g/mol. The summed E-state index contributed by atoms with van der Waals surface area (Å²) in [6, 6.07) is 5.92. The lowest BCUT2D eigenvalue weighted by molar-refractivity contribution is -0.137. The fraction of sp³-hybridized carbons (Fsp3) is 0.227. The van der Waals surface area contributed by atoms with Gasteiger partial charge in [0.2, 0.25) is 0 Å². The molecule has 0 saturated heterocycles. The van der Waals surface area contributed by atoms with Crippen LogP contribution in [0, 0.1) is 0 Å². The molecule has 4 nitrogen and oxygen atoms in total. The second-order valence-electron chi connectivity index (χ2n) is 6.59. The second-order valence-corrected chi connectivity index (χ2v) is 6.59. The molecule has 0 aliphatic rings. The van der Waals surface area contributed by atoms with Crippen molar-refractivity contribution in [1.29, 1.82) is 0 Å². The van der Waals surface area contributed by atoms with Crippen molar-refractivity contribution in [2.24, 2.45) is 0 Å². The topological polar surface area (TPSA) is 66.8 Å². The van der Waals surface area contributed by atoms with E-state index in [-0.39, 0.29) is 11.1 Å². The summed E-state index contributed by atoms with van der Waals surface area (Å²) in [6.45, 7) is 5.62. The van der Waals surface area contributed by atoms with Crippen LogP contribution in [0.2, 0.25) is 0 Å². The number of halogens is 3. The highest BCUT2D eigenvalue weighted by molar-refractivity contribution is 5.97. The Balaban J connectivity index is 2.46. The zero-order chi connectivity index (χ0) is 21.8. The third-order valence-electron chi connectivity index (χ3n) is 4.32. The number of phenols is 1. The van der Waals surface area contributed by atoms with Gasteiger partial charge in [-0.2, -0.15) is 13.2 Å². The summed E-state index contributed by atoms with van der Waals surface area (Å²) < 4.78 is 43.3. The molecule has 0 unspecified atom stereocenters. The van der Waals surface area contributed by atoms with Gasteiger partial charge in [-0.1, -0.05) is 29.9 Å². The number of methoxy groups -OCH3 is 1. The molecule has 0 aliphatic heterocycles. The Morgan fingerprint density at radius 2 is 1.83 bits per heavy atom. The maximum atomic E-state index is 12.7. The molecule has 0 fully saturated rings. The predicted molar refractivity (Wildman–Crippen MR) is 105 cm³/mol. The Morgan fingerprint density at radius 3 is 2.31 bits per heavy atom. The minimum Gasteiger partial charge on any atom is -0.507 e. The van der Waals surface area contributed by atoms with E-state index in [9.17, 15) is 28.2 Å². The first-order valence-corrected chi connectivity index (χ1v) is 8.70. The van der Waals surface area contributed by atoms with E-state index in [1.54, 1.807) is 0 Å². The van der Waals surface area contributed by atoms with Crippen LogP contribution < -0.4 is 4.74 Å². The SMILES string of the molecule is C=C(C)CCc1c(OC)cc(/C=C/c2ccc(C(F)(F)F)cc2)c(C(=O)O)c1O. The van der Waals surface area contributed by atoms with Crippen LogP contribution in [0.15, 0.2) is 42.5 Å². The van der Waals surface area contributed by atoms with Gasteiger partial charge in [0.15, 0.2) is 0 Å². The van der Waals surface area contributed by atoms with E-state index in [1.165, 1.54) is 37.5 Å². The highest BCUT2D eigenvalue weighted by atomic mass is 19.4. The number of allylic oxidation sites excluding steroid dienone is 1. The van der Waals surface area contributed by atoms with Gasteiger partial charge in [-0.15, -0.1) is 6.58 Å². The first-order chi connectivity index (χ1) is 13.5. The van der Waals surface area contributed by atoms with Gasteiger partial charge < -0.3 is 14.9 Å². The second kappa shape index (κ2) is 8.86. The summed E-state index contributed by atoms with van der Waals surface area (Å²) in [5, 5.41) is 20.1. The van der Waals surface area contributed by atoms with Crippen LogP contribution in [0.4, 0.5) is 13.2 Å². The van der Waals surface area contributed by atoms with E-state index in [2.05, 4.69) is 6.58 Å². The molecule has 0 bridgehead atoms. The van der Waals surface area contributed by atoms with Gasteiger partial charge in [0.1, 0.15) is 17.1 Å². The molecule has 0 aliphatic carbocycles. The number of alkyl halides is 3. The molecule has 2 N–H and O–H groups in total. The van der Waals surface area contributed by atoms with Gasteiger partial charge in [-0.05, 0) is 49.1 Å². The summed E-state index contributed by atoms with van der Waals surface area (Å²) in [4.78, 5) is 11.7. The van der Waals surface area contributed by atoms with Crippen molar-refractivity contribution in [2.75, 3.05) is 7.11 Å². The van der Waals surface area contributed by atoms with Crippen LogP contribution in [0.5, 0.6) is 11.5 Å². The van der Waals surface area contributed by atoms with Gasteiger partial charge in [0, 0.05) is 5.56 Å². The highest BCUT2D eigenvalue weighted by Crippen LogP contribution is 2.37. The van der Waals surface area contributed by atoms with E-state index < -0.39 is 23.5 Å². The summed E-state index contributed by atoms with van der Waals surface area (Å²) in [5.74, 6) is -1.40. The van der Waals surface area contributed by atoms with Crippen LogP contribution in [-0.4, -0.2) is 23.3 Å². The number of carbonyl (C=O) groups is 1. The Bertz CT molecular complexity index is 942. The minimum absolute atomic E-state index is 0.172. The molecular formula is C22H21F3O4. The summed E-state index contributed by atoms with van der Waals surface area (Å²) in [6.07, 6.45) is -0.653. The number of aromatic carboxylic acids is 1. The molecule has 0 saturated carbocycles. The number of aromatic hydroxyl groups is 1. The average Bonchev–Trinajstić information content (AvgIpc) is 2.64. The predicted octanol–water partition coefficient (Wildman–Crippen LogP) is 5.80. The number of ether oxygens (including phenoxy) is 1. The number of hydrogen-bond acceptors (Lipinski definition) is 3. The smallest absolute Gasteiger partial charge is 0.416 e. The number of rotatable bonds is 7. The maximum absolute atomic E-state index is 12.7. The van der Waals surface area contributed by atoms with Crippen molar-refractivity contribution >= 4 is 18.1 Å². The van der Waals surface area contributed by atoms with Crippen LogP contribution >= 0.6 is 0 Å². The van der Waals surface area contributed by atoms with E-state index in [4.69, 9.17) is 4.74 Å². The number of benzene rings is 2. The van der Waals surface area contributed by atoms with E-state index in [1.807, 2.05) is 6.92 Å². The lowest BCUT2D eigenvalue weighted by Gasteiger charge is -2.15. The van der Waals surface area contributed by atoms with Crippen molar-refractivity contribution in [2.45, 2.75) is 25.9 Å². The van der Waals surface area contributed by atoms with Crippen molar-refractivity contribution in [3.8, 4) is 11.5 Å². The lowest BCUT2D eigenvalue weighted by Crippen LogP contribution is -2.05. The molecule has 154 valence electrons. The number of hydrogen-bond donors (Lipinski definition) is 2. The largest absolute Gasteiger partial charge is 0.507 e. The molecule has 29 heavy (non-hydrogen) atoms. The highest BCUT2D eigenvalue weighted by Gasteiger charge is 2.29. The average molecular weight is 406 g/mol. The summed E-state index contributed by atoms with van der Waals surface area (Å²) >= 11 is 0. The van der Waals surface area contributed by atoms with Crippen molar-refractivity contribution in [3.63, 3.8) is 0 Å². The molecule has 0 aromatic heterocycles.